The minimum Gasteiger partial charge on any atom is -0.480 e. The fraction of sp³-hybridized carbons (Fsp3) is 0.857. The van der Waals surface area contributed by atoms with E-state index in [0.717, 1.165) is 0 Å². The van der Waals surface area contributed by atoms with Gasteiger partial charge in [-0.1, -0.05) is 0 Å². The van der Waals surface area contributed by atoms with Crippen molar-refractivity contribution in [2.45, 2.75) is 18.5 Å². The molecule has 10 heteroatoms. The summed E-state index contributed by atoms with van der Waals surface area (Å²) in [5.41, 5.74) is 0. The zero-order valence-corrected chi connectivity index (χ0v) is 8.22. The van der Waals surface area contributed by atoms with Crippen molar-refractivity contribution in [3.8, 4) is 0 Å². The number of aliphatic carboxylic acids is 1. The quantitative estimate of drug-likeness (QED) is 0.727. The van der Waals surface area contributed by atoms with Gasteiger partial charge in [-0.25, -0.2) is 0 Å². The van der Waals surface area contributed by atoms with Crippen molar-refractivity contribution in [3.05, 3.63) is 0 Å². The lowest BCUT2D eigenvalue weighted by molar-refractivity contribution is -0.215. The van der Waals surface area contributed by atoms with E-state index in [0.29, 0.717) is 0 Å². The molecule has 17 heavy (non-hydrogen) atoms. The van der Waals surface area contributed by atoms with Crippen LogP contribution in [0, 0.1) is 0 Å². The van der Waals surface area contributed by atoms with Crippen molar-refractivity contribution in [3.63, 3.8) is 0 Å². The van der Waals surface area contributed by atoms with Gasteiger partial charge in [-0.3, -0.25) is 9.69 Å². The Morgan fingerprint density at radius 2 is 1.65 bits per heavy atom. The van der Waals surface area contributed by atoms with Crippen molar-refractivity contribution in [2.75, 3.05) is 19.6 Å². The minimum atomic E-state index is -5.09. The lowest BCUT2D eigenvalue weighted by Crippen LogP contribution is -2.46. The van der Waals surface area contributed by atoms with Crippen LogP contribution in [-0.4, -0.2) is 59.2 Å². The van der Waals surface area contributed by atoms with Crippen LogP contribution in [0.4, 0.5) is 26.3 Å². The predicted octanol–water partition coefficient (Wildman–Crippen LogP) is 0.858. The average molecular weight is 269 g/mol. The minimum absolute atomic E-state index is 0.0412. The molecular formula is C7H9F6NO3. The summed E-state index contributed by atoms with van der Waals surface area (Å²) in [5, 5.41) is 16.8. The highest BCUT2D eigenvalue weighted by Gasteiger charge is 2.41. The Kier molecular flexibility index (Phi) is 5.20. The summed E-state index contributed by atoms with van der Waals surface area (Å²) in [6.07, 6.45) is -13.0. The lowest BCUT2D eigenvalue weighted by Gasteiger charge is -2.25. The maximum Gasteiger partial charge on any atom is 0.415 e. The Hall–Kier alpha value is -1.03. The summed E-state index contributed by atoms with van der Waals surface area (Å²) in [4.78, 5) is 10.1. The monoisotopic (exact) mass is 269 g/mol. The number of aliphatic hydroxyl groups is 1. The number of carbonyl (C=O) groups is 1. The number of aliphatic hydroxyl groups excluding tert-OH is 1. The average Bonchev–Trinajstić information content (AvgIpc) is 1.96. The van der Waals surface area contributed by atoms with E-state index in [9.17, 15) is 31.1 Å². The van der Waals surface area contributed by atoms with Crippen LogP contribution in [0.15, 0.2) is 0 Å². The molecule has 0 spiro atoms. The van der Waals surface area contributed by atoms with E-state index in [4.69, 9.17) is 10.2 Å². The zero-order chi connectivity index (χ0) is 13.9. The van der Waals surface area contributed by atoms with Gasteiger partial charge in [0.25, 0.3) is 0 Å². The number of alkyl halides is 6. The van der Waals surface area contributed by atoms with E-state index in [2.05, 4.69) is 0 Å². The number of carboxylic acid groups (broad SMARTS) is 1. The number of nitrogens with zero attached hydrogens (tertiary/aromatic N) is 1. The predicted molar refractivity (Wildman–Crippen MR) is 42.2 cm³/mol. The van der Waals surface area contributed by atoms with Crippen LogP contribution in [0.25, 0.3) is 0 Å². The van der Waals surface area contributed by atoms with Gasteiger partial charge in [0.05, 0.1) is 13.1 Å². The Morgan fingerprint density at radius 1 is 1.18 bits per heavy atom. The Bertz CT molecular complexity index is 263. The lowest BCUT2D eigenvalue weighted by atomic mass is 10.3. The fourth-order valence-electron chi connectivity index (χ4n) is 0.978. The highest BCUT2D eigenvalue weighted by Crippen LogP contribution is 2.22. The largest absolute Gasteiger partial charge is 0.480 e. The van der Waals surface area contributed by atoms with Crippen LogP contribution in [0.1, 0.15) is 0 Å². The number of hydrogen-bond donors (Lipinski definition) is 2. The summed E-state index contributed by atoms with van der Waals surface area (Å²) < 4.78 is 71.3. The molecule has 2 N–H and O–H groups in total. The molecule has 1 unspecified atom stereocenters. The molecule has 0 aliphatic rings. The van der Waals surface area contributed by atoms with Gasteiger partial charge in [-0.15, -0.1) is 0 Å². The van der Waals surface area contributed by atoms with E-state index in [-0.39, 0.29) is 4.90 Å². The molecule has 4 nitrogen and oxygen atoms in total. The molecule has 0 saturated heterocycles. The van der Waals surface area contributed by atoms with Crippen LogP contribution in [0.3, 0.4) is 0 Å². The second kappa shape index (κ2) is 5.54. The maximum absolute atomic E-state index is 11.9. The van der Waals surface area contributed by atoms with Gasteiger partial charge < -0.3 is 10.2 Å². The van der Waals surface area contributed by atoms with Gasteiger partial charge >= 0.3 is 18.3 Å². The van der Waals surface area contributed by atoms with E-state index >= 15 is 0 Å². The summed E-state index contributed by atoms with van der Waals surface area (Å²) in [5.74, 6) is -1.72. The third kappa shape index (κ3) is 7.80. The molecule has 0 rings (SSSR count). The summed E-state index contributed by atoms with van der Waals surface area (Å²) >= 11 is 0. The molecule has 0 saturated carbocycles. The Balaban J connectivity index is 4.54. The maximum atomic E-state index is 11.9. The molecule has 1 atom stereocenters. The Morgan fingerprint density at radius 3 is 1.94 bits per heavy atom. The molecule has 0 amide bonds. The number of rotatable bonds is 5. The molecule has 0 aliphatic heterocycles. The first-order valence-corrected chi connectivity index (χ1v) is 4.17. The topological polar surface area (TPSA) is 60.8 Å². The summed E-state index contributed by atoms with van der Waals surface area (Å²) in [7, 11) is 0. The first-order valence-electron chi connectivity index (χ1n) is 4.17. The van der Waals surface area contributed by atoms with Gasteiger partial charge in [0.15, 0.2) is 6.10 Å². The third-order valence-electron chi connectivity index (χ3n) is 1.57. The first kappa shape index (κ1) is 16.0. The highest BCUT2D eigenvalue weighted by molar-refractivity contribution is 5.69. The van der Waals surface area contributed by atoms with Crippen molar-refractivity contribution < 1.29 is 41.4 Å². The summed E-state index contributed by atoms with van der Waals surface area (Å²) in [6.45, 7) is -4.53. The number of carboxylic acids is 1. The highest BCUT2D eigenvalue weighted by atomic mass is 19.4. The second-order valence-corrected chi connectivity index (χ2v) is 3.24. The Labute approximate surface area is 91.4 Å². The van der Waals surface area contributed by atoms with E-state index in [1.165, 1.54) is 0 Å². The van der Waals surface area contributed by atoms with Gasteiger partial charge in [0, 0.05) is 6.54 Å². The van der Waals surface area contributed by atoms with Gasteiger partial charge in [0.2, 0.25) is 0 Å². The molecule has 102 valence electrons. The summed E-state index contributed by atoms with van der Waals surface area (Å²) in [6, 6.07) is 0. The number of hydrogen-bond acceptors (Lipinski definition) is 3. The van der Waals surface area contributed by atoms with Crippen molar-refractivity contribution in [1.82, 2.24) is 4.90 Å². The van der Waals surface area contributed by atoms with E-state index < -0.39 is 44.1 Å². The van der Waals surface area contributed by atoms with Crippen LogP contribution in [0.5, 0.6) is 0 Å². The standard InChI is InChI=1S/C7H9F6NO3/c8-6(9,10)3-14(2-5(16)17)1-4(15)7(11,12)13/h4,15H,1-3H2,(H,16,17). The SMILES string of the molecule is O=C(O)CN(CC(O)C(F)(F)F)CC(F)(F)F. The van der Waals surface area contributed by atoms with Gasteiger partial charge in [0.1, 0.15) is 0 Å². The van der Waals surface area contributed by atoms with Gasteiger partial charge in [-0.05, 0) is 0 Å². The first-order chi connectivity index (χ1) is 7.42. The molecule has 0 aromatic heterocycles. The molecule has 0 aromatic rings. The van der Waals surface area contributed by atoms with Crippen molar-refractivity contribution in [2.24, 2.45) is 0 Å². The molecule has 0 aliphatic carbocycles. The van der Waals surface area contributed by atoms with Gasteiger partial charge in [-0.2, -0.15) is 26.3 Å². The van der Waals surface area contributed by atoms with Crippen LogP contribution < -0.4 is 0 Å². The van der Waals surface area contributed by atoms with E-state index in [1.807, 2.05) is 0 Å². The number of halogens is 6. The smallest absolute Gasteiger partial charge is 0.415 e. The van der Waals surface area contributed by atoms with Crippen LogP contribution in [-0.2, 0) is 4.79 Å². The van der Waals surface area contributed by atoms with Crippen molar-refractivity contribution >= 4 is 5.97 Å². The normalized spacial score (nSPS) is 15.1. The third-order valence-corrected chi connectivity index (χ3v) is 1.57. The molecular weight excluding hydrogens is 260 g/mol. The molecule has 0 heterocycles. The molecule has 0 fully saturated rings. The van der Waals surface area contributed by atoms with Crippen molar-refractivity contribution in [1.29, 1.82) is 0 Å². The zero-order valence-electron chi connectivity index (χ0n) is 8.22. The van der Waals surface area contributed by atoms with Crippen LogP contribution >= 0.6 is 0 Å². The molecule has 0 radical (unpaired) electrons. The van der Waals surface area contributed by atoms with Crippen LogP contribution in [0.2, 0.25) is 0 Å². The van der Waals surface area contributed by atoms with E-state index in [1.54, 1.807) is 0 Å². The second-order valence-electron chi connectivity index (χ2n) is 3.24. The fourth-order valence-corrected chi connectivity index (χ4v) is 0.978. The molecule has 0 bridgehead atoms. The molecule has 0 aromatic carbocycles.